The van der Waals surface area contributed by atoms with Crippen LogP contribution >= 0.6 is 11.8 Å². The van der Waals surface area contributed by atoms with Gasteiger partial charge in [0.2, 0.25) is 5.91 Å². The Morgan fingerprint density at radius 1 is 1.23 bits per heavy atom. The van der Waals surface area contributed by atoms with Crippen molar-refractivity contribution in [3.05, 3.63) is 30.3 Å². The lowest BCUT2D eigenvalue weighted by Gasteiger charge is -2.27. The summed E-state index contributed by atoms with van der Waals surface area (Å²) in [6.45, 7) is 1.83. The maximum absolute atomic E-state index is 12.6. The number of hydrogen-bond acceptors (Lipinski definition) is 4. The molecule has 1 saturated carbocycles. The predicted octanol–water partition coefficient (Wildman–Crippen LogP) is 2.64. The monoisotopic (exact) mass is 341 g/mol. The van der Waals surface area contributed by atoms with Crippen molar-refractivity contribution in [2.24, 2.45) is 0 Å². The molecule has 1 aliphatic rings. The van der Waals surface area contributed by atoms with E-state index in [0.717, 1.165) is 30.6 Å². The van der Waals surface area contributed by atoms with Crippen LogP contribution in [0.15, 0.2) is 35.2 Å². The standard InChI is InChI=1S/C16H23NO3S2/c1-2-22(19,20)13-12-17-15(18)16(10-6-7-11-16)21-14-8-4-3-5-9-14/h3-5,8-9H,2,6-7,10-13H2,1H3,(H,17,18). The van der Waals surface area contributed by atoms with Gasteiger partial charge >= 0.3 is 0 Å². The Morgan fingerprint density at radius 3 is 2.45 bits per heavy atom. The van der Waals surface area contributed by atoms with E-state index in [1.54, 1.807) is 18.7 Å². The Balaban J connectivity index is 1.99. The van der Waals surface area contributed by atoms with Gasteiger partial charge in [0.25, 0.3) is 0 Å². The van der Waals surface area contributed by atoms with Gasteiger partial charge in [-0.15, -0.1) is 11.8 Å². The van der Waals surface area contributed by atoms with E-state index in [2.05, 4.69) is 5.32 Å². The highest BCUT2D eigenvalue weighted by molar-refractivity contribution is 8.01. The summed E-state index contributed by atoms with van der Waals surface area (Å²) in [5.41, 5.74) is 0. The van der Waals surface area contributed by atoms with Gasteiger partial charge in [-0.1, -0.05) is 38.0 Å². The van der Waals surface area contributed by atoms with Crippen molar-refractivity contribution in [1.82, 2.24) is 5.32 Å². The van der Waals surface area contributed by atoms with E-state index < -0.39 is 14.6 Å². The van der Waals surface area contributed by atoms with Gasteiger partial charge in [-0.2, -0.15) is 0 Å². The molecule has 1 aliphatic carbocycles. The summed E-state index contributed by atoms with van der Waals surface area (Å²) < 4.78 is 22.6. The molecule has 1 aromatic carbocycles. The molecular weight excluding hydrogens is 318 g/mol. The molecule has 6 heteroatoms. The van der Waals surface area contributed by atoms with E-state index in [-0.39, 0.29) is 24.0 Å². The van der Waals surface area contributed by atoms with Crippen LogP contribution in [0.25, 0.3) is 0 Å². The largest absolute Gasteiger partial charge is 0.354 e. The van der Waals surface area contributed by atoms with Crippen LogP contribution in [0.1, 0.15) is 32.6 Å². The highest BCUT2D eigenvalue weighted by Gasteiger charge is 2.42. The SMILES string of the molecule is CCS(=O)(=O)CCNC(=O)C1(Sc2ccccc2)CCCC1. The normalized spacial score (nSPS) is 17.3. The van der Waals surface area contributed by atoms with Crippen LogP contribution in [0.5, 0.6) is 0 Å². The third-order valence-electron chi connectivity index (χ3n) is 4.02. The predicted molar refractivity (Wildman–Crippen MR) is 90.8 cm³/mol. The van der Waals surface area contributed by atoms with Crippen LogP contribution in [-0.4, -0.2) is 37.1 Å². The third-order valence-corrected chi connectivity index (χ3v) is 7.22. The lowest BCUT2D eigenvalue weighted by molar-refractivity contribution is -0.123. The van der Waals surface area contributed by atoms with Gasteiger partial charge < -0.3 is 5.32 Å². The molecule has 1 amide bonds. The first-order valence-electron chi connectivity index (χ1n) is 7.70. The molecule has 0 saturated heterocycles. The Kier molecular flexibility index (Phi) is 5.92. The fourth-order valence-electron chi connectivity index (χ4n) is 2.66. The molecule has 0 spiro atoms. The zero-order chi connectivity index (χ0) is 16.1. The molecule has 0 atom stereocenters. The van der Waals surface area contributed by atoms with Gasteiger partial charge in [0.15, 0.2) is 9.84 Å². The van der Waals surface area contributed by atoms with Gasteiger partial charge in [0, 0.05) is 17.2 Å². The number of hydrogen-bond donors (Lipinski definition) is 1. The minimum Gasteiger partial charge on any atom is -0.354 e. The number of sulfone groups is 1. The average Bonchev–Trinajstić information content (AvgIpc) is 2.98. The molecule has 1 N–H and O–H groups in total. The van der Waals surface area contributed by atoms with Crippen LogP contribution in [0, 0.1) is 0 Å². The second-order valence-corrected chi connectivity index (χ2v) is 9.54. The topological polar surface area (TPSA) is 63.2 Å². The molecule has 0 aliphatic heterocycles. The molecule has 0 aromatic heterocycles. The van der Waals surface area contributed by atoms with Gasteiger partial charge in [-0.3, -0.25) is 4.79 Å². The lowest BCUT2D eigenvalue weighted by atomic mass is 10.1. The molecule has 1 fully saturated rings. The summed E-state index contributed by atoms with van der Waals surface area (Å²) in [5, 5.41) is 2.84. The molecule has 2 rings (SSSR count). The molecule has 0 bridgehead atoms. The lowest BCUT2D eigenvalue weighted by Crippen LogP contribution is -2.44. The number of carbonyl (C=O) groups excluding carboxylic acids is 1. The molecule has 0 unspecified atom stereocenters. The Bertz CT molecular complexity index is 593. The molecule has 4 nitrogen and oxygen atoms in total. The van der Waals surface area contributed by atoms with Crippen LogP contribution in [-0.2, 0) is 14.6 Å². The third kappa shape index (κ3) is 4.49. The van der Waals surface area contributed by atoms with Crippen molar-refractivity contribution < 1.29 is 13.2 Å². The highest BCUT2D eigenvalue weighted by Crippen LogP contribution is 2.45. The quantitative estimate of drug-likeness (QED) is 0.828. The second kappa shape index (κ2) is 7.51. The maximum atomic E-state index is 12.6. The van der Waals surface area contributed by atoms with Crippen molar-refractivity contribution in [3.8, 4) is 0 Å². The van der Waals surface area contributed by atoms with E-state index in [0.29, 0.717) is 0 Å². The van der Waals surface area contributed by atoms with Crippen molar-refractivity contribution in [2.45, 2.75) is 42.2 Å². The number of carbonyl (C=O) groups is 1. The van der Waals surface area contributed by atoms with E-state index in [1.165, 1.54) is 0 Å². The number of nitrogens with one attached hydrogen (secondary N) is 1. The summed E-state index contributed by atoms with van der Waals surface area (Å²) in [5.74, 6) is 0.110. The maximum Gasteiger partial charge on any atom is 0.236 e. The zero-order valence-corrected chi connectivity index (χ0v) is 14.5. The Morgan fingerprint density at radius 2 is 1.86 bits per heavy atom. The molecule has 0 radical (unpaired) electrons. The summed E-state index contributed by atoms with van der Waals surface area (Å²) in [4.78, 5) is 13.7. The fourth-order valence-corrected chi connectivity index (χ4v) is 4.77. The van der Waals surface area contributed by atoms with E-state index in [9.17, 15) is 13.2 Å². The Hall–Kier alpha value is -1.01. The molecular formula is C16H23NO3S2. The number of thioether (sulfide) groups is 1. The van der Waals surface area contributed by atoms with E-state index in [4.69, 9.17) is 0 Å². The summed E-state index contributed by atoms with van der Waals surface area (Å²) in [6.07, 6.45) is 3.78. The van der Waals surface area contributed by atoms with E-state index >= 15 is 0 Å². The Labute approximate surface area is 137 Å². The minimum atomic E-state index is -3.04. The summed E-state index contributed by atoms with van der Waals surface area (Å²) in [6, 6.07) is 9.92. The van der Waals surface area contributed by atoms with Gasteiger partial charge in [-0.25, -0.2) is 8.42 Å². The summed E-state index contributed by atoms with van der Waals surface area (Å²) in [7, 11) is -3.04. The van der Waals surface area contributed by atoms with Crippen LogP contribution < -0.4 is 5.32 Å². The highest BCUT2D eigenvalue weighted by atomic mass is 32.2. The number of amides is 1. The molecule has 1 aromatic rings. The van der Waals surface area contributed by atoms with Crippen LogP contribution in [0.3, 0.4) is 0 Å². The first-order valence-corrected chi connectivity index (χ1v) is 10.3. The van der Waals surface area contributed by atoms with Crippen molar-refractivity contribution in [1.29, 1.82) is 0 Å². The summed E-state index contributed by atoms with van der Waals surface area (Å²) >= 11 is 1.61. The number of benzene rings is 1. The zero-order valence-electron chi connectivity index (χ0n) is 12.9. The molecule has 0 heterocycles. The van der Waals surface area contributed by atoms with Crippen molar-refractivity contribution in [2.75, 3.05) is 18.1 Å². The molecule has 22 heavy (non-hydrogen) atoms. The van der Waals surface area contributed by atoms with E-state index in [1.807, 2.05) is 30.3 Å². The number of rotatable bonds is 7. The fraction of sp³-hybridized carbons (Fsp3) is 0.562. The van der Waals surface area contributed by atoms with Crippen LogP contribution in [0.2, 0.25) is 0 Å². The minimum absolute atomic E-state index is 0.0152. The first kappa shape index (κ1) is 17.3. The first-order chi connectivity index (χ1) is 10.5. The van der Waals surface area contributed by atoms with Crippen LogP contribution in [0.4, 0.5) is 0 Å². The smallest absolute Gasteiger partial charge is 0.236 e. The van der Waals surface area contributed by atoms with Crippen molar-refractivity contribution >= 4 is 27.5 Å². The van der Waals surface area contributed by atoms with Gasteiger partial charge in [0.1, 0.15) is 0 Å². The second-order valence-electron chi connectivity index (χ2n) is 5.61. The van der Waals surface area contributed by atoms with Crippen molar-refractivity contribution in [3.63, 3.8) is 0 Å². The average molecular weight is 341 g/mol. The van der Waals surface area contributed by atoms with Gasteiger partial charge in [0.05, 0.1) is 10.5 Å². The molecule has 122 valence electrons. The van der Waals surface area contributed by atoms with Gasteiger partial charge in [-0.05, 0) is 25.0 Å².